The van der Waals surface area contributed by atoms with Crippen LogP contribution in [0.1, 0.15) is 96.5 Å². The van der Waals surface area contributed by atoms with E-state index in [2.05, 4.69) is 81.2 Å². The van der Waals surface area contributed by atoms with Gasteiger partial charge in [-0.05, 0) is 73.1 Å². The van der Waals surface area contributed by atoms with Gasteiger partial charge >= 0.3 is 11.9 Å². The topological polar surface area (TPSA) is 71.1 Å². The summed E-state index contributed by atoms with van der Waals surface area (Å²) in [5.74, 6) is 0.0772. The second-order valence-electron chi connectivity index (χ2n) is 15.1. The Hall–Kier alpha value is -2.17. The lowest BCUT2D eigenvalue weighted by Crippen LogP contribution is -2.46. The summed E-state index contributed by atoms with van der Waals surface area (Å²) in [7, 11) is -4.33. The van der Waals surface area contributed by atoms with Crippen LogP contribution < -0.4 is 4.43 Å². The third-order valence-corrected chi connectivity index (χ3v) is 18.3. The Labute approximate surface area is 263 Å². The summed E-state index contributed by atoms with van der Waals surface area (Å²) in [6, 6.07) is 5.92. The predicted octanol–water partition coefficient (Wildman–Crippen LogP) is 9.41. The molecule has 43 heavy (non-hydrogen) atoms. The molecular weight excluding hydrogens is 573 g/mol. The zero-order valence-electron chi connectivity index (χ0n) is 28.8. The fraction of sp³-hybridized carbons (Fsp3) is 0.657. The van der Waals surface area contributed by atoms with Gasteiger partial charge in [-0.25, -0.2) is 9.59 Å². The SMILES string of the molecule is C=CCOC(=O)C=CC[C@H]1C[C@@H](O[Si](C)(C)C(C)(C)C)[C@@H](C)CCCCc2cccc(O[Si](C)(C)C(C)(C)C)c2C(=O)O1. The molecule has 0 N–H and O–H groups in total. The van der Waals surface area contributed by atoms with Crippen molar-refractivity contribution in [3.8, 4) is 5.75 Å². The summed E-state index contributed by atoms with van der Waals surface area (Å²) in [6.45, 7) is 28.2. The number of hydrogen-bond donors (Lipinski definition) is 0. The first-order valence-electron chi connectivity index (χ1n) is 15.9. The first kappa shape index (κ1) is 37.0. The Balaban J connectivity index is 2.53. The Bertz CT molecular complexity index is 1130. The van der Waals surface area contributed by atoms with Crippen LogP contribution in [-0.2, 0) is 25.1 Å². The molecule has 0 spiro atoms. The van der Waals surface area contributed by atoms with E-state index >= 15 is 0 Å². The molecule has 1 aromatic carbocycles. The van der Waals surface area contributed by atoms with Gasteiger partial charge in [-0.2, -0.15) is 0 Å². The van der Waals surface area contributed by atoms with Crippen molar-refractivity contribution in [3.05, 3.63) is 54.1 Å². The standard InChI is InChI=1S/C35H58O6Si2/c1-13-24-38-31(36)23-17-21-28-25-30(41-43(11,12)35(6,7)8)26(2)18-14-15-19-27-20-16-22-29(32(27)33(37)39-28)40-42(9,10)34(3,4)5/h13,16-17,20,22-23,26,28,30H,1,14-15,18-19,21,24-25H2,2-12H3/t26-,28-,30+/m0/s1. The molecule has 0 amide bonds. The van der Waals surface area contributed by atoms with Crippen molar-refractivity contribution in [2.45, 2.75) is 135 Å². The third kappa shape index (κ3) is 10.7. The second-order valence-corrected chi connectivity index (χ2v) is 24.6. The maximum atomic E-state index is 14.1. The Morgan fingerprint density at radius 3 is 2.30 bits per heavy atom. The number of benzene rings is 1. The number of cyclic esters (lactones) is 1. The molecule has 1 aliphatic rings. The molecule has 242 valence electrons. The minimum Gasteiger partial charge on any atom is -0.543 e. The summed E-state index contributed by atoms with van der Waals surface area (Å²) >= 11 is 0. The van der Waals surface area contributed by atoms with Gasteiger partial charge in [0.05, 0.1) is 6.10 Å². The summed E-state index contributed by atoms with van der Waals surface area (Å²) in [5.41, 5.74) is 1.49. The minimum atomic E-state index is -2.22. The van der Waals surface area contributed by atoms with E-state index in [1.165, 1.54) is 12.2 Å². The molecule has 0 saturated carbocycles. The van der Waals surface area contributed by atoms with Crippen molar-refractivity contribution in [1.82, 2.24) is 0 Å². The number of rotatable bonds is 9. The largest absolute Gasteiger partial charge is 0.543 e. The van der Waals surface area contributed by atoms with Crippen molar-refractivity contribution in [1.29, 1.82) is 0 Å². The molecule has 1 heterocycles. The zero-order valence-corrected chi connectivity index (χ0v) is 30.8. The Kier molecular flexibility index (Phi) is 13.1. The number of fused-ring (bicyclic) bond motifs is 1. The van der Waals surface area contributed by atoms with Crippen LogP contribution in [-0.4, -0.2) is 47.4 Å². The van der Waals surface area contributed by atoms with Crippen LogP contribution in [0.4, 0.5) is 0 Å². The molecule has 0 bridgehead atoms. The van der Waals surface area contributed by atoms with Crippen LogP contribution in [0.2, 0.25) is 36.3 Å². The maximum Gasteiger partial charge on any atom is 0.342 e. The molecule has 2 rings (SSSR count). The van der Waals surface area contributed by atoms with Gasteiger partial charge in [-0.3, -0.25) is 0 Å². The molecule has 3 atom stereocenters. The highest BCUT2D eigenvalue weighted by atomic mass is 28.4. The van der Waals surface area contributed by atoms with E-state index < -0.39 is 28.7 Å². The molecule has 1 aliphatic heterocycles. The summed E-state index contributed by atoms with van der Waals surface area (Å²) in [6.07, 6.45) is 8.86. The number of esters is 2. The maximum absolute atomic E-state index is 14.1. The van der Waals surface area contributed by atoms with Gasteiger partial charge in [0, 0.05) is 18.9 Å². The van der Waals surface area contributed by atoms with Gasteiger partial charge < -0.3 is 18.3 Å². The summed E-state index contributed by atoms with van der Waals surface area (Å²) in [4.78, 5) is 26.3. The third-order valence-electron chi connectivity index (χ3n) is 9.50. The highest BCUT2D eigenvalue weighted by Gasteiger charge is 2.42. The van der Waals surface area contributed by atoms with Gasteiger partial charge in [-0.15, -0.1) is 0 Å². The predicted molar refractivity (Wildman–Crippen MR) is 182 cm³/mol. The molecule has 0 aromatic heterocycles. The van der Waals surface area contributed by atoms with E-state index in [0.29, 0.717) is 30.1 Å². The monoisotopic (exact) mass is 630 g/mol. The second kappa shape index (κ2) is 15.2. The average molecular weight is 631 g/mol. The normalized spacial score (nSPS) is 21.3. The van der Waals surface area contributed by atoms with Crippen molar-refractivity contribution in [2.75, 3.05) is 6.61 Å². The minimum absolute atomic E-state index is 0.0248. The van der Waals surface area contributed by atoms with E-state index in [0.717, 1.165) is 31.2 Å². The summed E-state index contributed by atoms with van der Waals surface area (Å²) < 4.78 is 25.2. The zero-order chi connectivity index (χ0) is 32.6. The Morgan fingerprint density at radius 1 is 1.05 bits per heavy atom. The Morgan fingerprint density at radius 2 is 1.70 bits per heavy atom. The van der Waals surface area contributed by atoms with E-state index in [-0.39, 0.29) is 28.8 Å². The lowest BCUT2D eigenvalue weighted by Gasteiger charge is -2.42. The number of carbonyl (C=O) groups excluding carboxylic acids is 2. The van der Waals surface area contributed by atoms with Crippen molar-refractivity contribution >= 4 is 28.6 Å². The molecule has 0 radical (unpaired) electrons. The van der Waals surface area contributed by atoms with Gasteiger partial charge in [0.2, 0.25) is 0 Å². The molecule has 1 aromatic rings. The van der Waals surface area contributed by atoms with Crippen LogP contribution in [0.5, 0.6) is 5.75 Å². The van der Waals surface area contributed by atoms with Crippen LogP contribution in [0.25, 0.3) is 0 Å². The van der Waals surface area contributed by atoms with E-state index in [4.69, 9.17) is 18.3 Å². The first-order valence-corrected chi connectivity index (χ1v) is 21.7. The fourth-order valence-corrected chi connectivity index (χ4v) is 7.08. The molecule has 0 aliphatic carbocycles. The average Bonchev–Trinajstić information content (AvgIpc) is 2.87. The molecule has 0 fully saturated rings. The van der Waals surface area contributed by atoms with Crippen molar-refractivity contribution < 1.29 is 27.9 Å². The lowest BCUT2D eigenvalue weighted by atomic mass is 9.91. The van der Waals surface area contributed by atoms with Gasteiger partial charge in [-0.1, -0.05) is 85.8 Å². The molecule has 6 nitrogen and oxygen atoms in total. The van der Waals surface area contributed by atoms with Crippen molar-refractivity contribution in [2.24, 2.45) is 5.92 Å². The van der Waals surface area contributed by atoms with Crippen LogP contribution >= 0.6 is 0 Å². The van der Waals surface area contributed by atoms with Gasteiger partial charge in [0.1, 0.15) is 24.0 Å². The van der Waals surface area contributed by atoms with Crippen LogP contribution in [0.3, 0.4) is 0 Å². The van der Waals surface area contributed by atoms with E-state index in [1.807, 2.05) is 18.2 Å². The number of ether oxygens (including phenoxy) is 2. The molecule has 8 heteroatoms. The molecular formula is C35H58O6Si2. The van der Waals surface area contributed by atoms with Gasteiger partial charge in [0.15, 0.2) is 8.32 Å². The summed E-state index contributed by atoms with van der Waals surface area (Å²) in [5, 5.41) is 0.0231. The smallest absolute Gasteiger partial charge is 0.342 e. The quantitative estimate of drug-likeness (QED) is 0.117. The van der Waals surface area contributed by atoms with Crippen LogP contribution in [0.15, 0.2) is 43.0 Å². The number of carbonyl (C=O) groups is 2. The number of aryl methyl sites for hydroxylation is 1. The molecule has 0 saturated heterocycles. The fourth-order valence-electron chi connectivity index (χ4n) is 4.62. The highest BCUT2D eigenvalue weighted by molar-refractivity contribution is 6.75. The number of hydrogen-bond acceptors (Lipinski definition) is 6. The van der Waals surface area contributed by atoms with E-state index in [9.17, 15) is 9.59 Å². The van der Waals surface area contributed by atoms with E-state index in [1.54, 1.807) is 6.08 Å². The lowest BCUT2D eigenvalue weighted by molar-refractivity contribution is -0.136. The van der Waals surface area contributed by atoms with Crippen LogP contribution in [0, 0.1) is 5.92 Å². The molecule has 0 unspecified atom stereocenters. The first-order chi connectivity index (χ1) is 19.8. The highest BCUT2D eigenvalue weighted by Crippen LogP contribution is 2.41. The van der Waals surface area contributed by atoms with Crippen molar-refractivity contribution in [3.63, 3.8) is 0 Å². The van der Waals surface area contributed by atoms with Gasteiger partial charge in [0.25, 0.3) is 8.32 Å².